The number of halogens is 1. The van der Waals surface area contributed by atoms with Gasteiger partial charge in [0.25, 0.3) is 0 Å². The maximum Gasteiger partial charge on any atom is 0.139 e. The number of rotatable bonds is 3. The third-order valence-corrected chi connectivity index (χ3v) is 3.11. The first kappa shape index (κ1) is 8.72. The molecule has 2 unspecified atom stereocenters. The van der Waals surface area contributed by atoms with Gasteiger partial charge in [0.1, 0.15) is 12.3 Å². The van der Waals surface area contributed by atoms with Crippen molar-refractivity contribution in [2.24, 2.45) is 0 Å². The van der Waals surface area contributed by atoms with Crippen molar-refractivity contribution < 1.29 is 4.74 Å². The van der Waals surface area contributed by atoms with Crippen LogP contribution >= 0.6 is 22.6 Å². The summed E-state index contributed by atoms with van der Waals surface area (Å²) in [6, 6.07) is 0.520. The van der Waals surface area contributed by atoms with Crippen molar-refractivity contribution in [1.82, 2.24) is 5.32 Å². The molecule has 2 nitrogen and oxygen atoms in total. The zero-order valence-corrected chi connectivity index (χ0v) is 8.95. The fourth-order valence-electron chi connectivity index (χ4n) is 1.46. The summed E-state index contributed by atoms with van der Waals surface area (Å²) in [5.41, 5.74) is 0. The maximum absolute atomic E-state index is 5.30. The van der Waals surface area contributed by atoms with E-state index in [9.17, 15) is 0 Å². The minimum atomic E-state index is 0.228. The van der Waals surface area contributed by atoms with E-state index in [1.165, 1.54) is 16.4 Å². The minimum Gasteiger partial charge on any atom is -0.349 e. The molecule has 1 heterocycles. The summed E-state index contributed by atoms with van der Waals surface area (Å²) >= 11 is 2.39. The van der Waals surface area contributed by atoms with Crippen LogP contribution in [0.25, 0.3) is 0 Å². The zero-order chi connectivity index (χ0) is 8.55. The van der Waals surface area contributed by atoms with Crippen LogP contribution in [0, 0.1) is 0 Å². The van der Waals surface area contributed by atoms with Gasteiger partial charge >= 0.3 is 0 Å². The van der Waals surface area contributed by atoms with Gasteiger partial charge < -0.3 is 4.74 Å². The predicted octanol–water partition coefficient (Wildman–Crippen LogP) is 1.97. The Morgan fingerprint density at radius 2 is 2.58 bits per heavy atom. The second-order valence-corrected chi connectivity index (χ2v) is 4.57. The molecule has 1 aliphatic heterocycles. The van der Waals surface area contributed by atoms with Crippen LogP contribution in [0.15, 0.2) is 22.3 Å². The molecule has 1 fully saturated rings. The molecular weight excluding hydrogens is 265 g/mol. The smallest absolute Gasteiger partial charge is 0.139 e. The van der Waals surface area contributed by atoms with E-state index in [2.05, 4.69) is 40.6 Å². The first-order valence-electron chi connectivity index (χ1n) is 4.20. The molecule has 0 saturated carbocycles. The third kappa shape index (κ3) is 1.89. The van der Waals surface area contributed by atoms with Gasteiger partial charge in [-0.05, 0) is 39.0 Å². The number of allylic oxidation sites excluding steroid dienone is 1. The SMILES string of the molecule is C=CC1O[C@@H]1NC1C=C(I)CC1. The summed E-state index contributed by atoms with van der Waals surface area (Å²) in [5.74, 6) is 0. The number of hydrogen-bond acceptors (Lipinski definition) is 2. The fourth-order valence-corrected chi connectivity index (χ4v) is 2.20. The van der Waals surface area contributed by atoms with Crippen LogP contribution in [0.3, 0.4) is 0 Å². The molecule has 2 rings (SSSR count). The van der Waals surface area contributed by atoms with Crippen LogP contribution in [0.5, 0.6) is 0 Å². The molecular formula is C9H12INO. The van der Waals surface area contributed by atoms with Crippen LogP contribution in [0.1, 0.15) is 12.8 Å². The molecule has 3 atom stereocenters. The lowest BCUT2D eigenvalue weighted by Gasteiger charge is -2.05. The molecule has 1 N–H and O–H groups in total. The predicted molar refractivity (Wildman–Crippen MR) is 57.1 cm³/mol. The van der Waals surface area contributed by atoms with E-state index in [0.29, 0.717) is 6.04 Å². The van der Waals surface area contributed by atoms with E-state index in [1.54, 1.807) is 0 Å². The molecule has 3 heteroatoms. The van der Waals surface area contributed by atoms with Gasteiger partial charge in [-0.25, -0.2) is 0 Å². The van der Waals surface area contributed by atoms with Crippen molar-refractivity contribution in [3.05, 3.63) is 22.3 Å². The fraction of sp³-hybridized carbons (Fsp3) is 0.556. The number of ether oxygens (including phenoxy) is 1. The summed E-state index contributed by atoms with van der Waals surface area (Å²) in [6.07, 6.45) is 7.03. The highest BCUT2D eigenvalue weighted by atomic mass is 127. The molecule has 1 saturated heterocycles. The molecule has 0 amide bonds. The Morgan fingerprint density at radius 3 is 3.08 bits per heavy atom. The summed E-state index contributed by atoms with van der Waals surface area (Å²) < 4.78 is 6.76. The Labute approximate surface area is 86.2 Å². The summed E-state index contributed by atoms with van der Waals surface area (Å²) in [7, 11) is 0. The molecule has 66 valence electrons. The lowest BCUT2D eigenvalue weighted by molar-refractivity contribution is 0.344. The minimum absolute atomic E-state index is 0.228. The first-order chi connectivity index (χ1) is 5.79. The number of nitrogens with one attached hydrogen (secondary N) is 1. The van der Waals surface area contributed by atoms with Gasteiger partial charge in [0.05, 0.1) is 0 Å². The molecule has 0 bridgehead atoms. The second-order valence-electron chi connectivity index (χ2n) is 3.18. The van der Waals surface area contributed by atoms with Crippen molar-refractivity contribution in [3.8, 4) is 0 Å². The topological polar surface area (TPSA) is 24.6 Å². The van der Waals surface area contributed by atoms with Crippen LogP contribution in [0.2, 0.25) is 0 Å². The second kappa shape index (κ2) is 3.47. The molecule has 1 aliphatic carbocycles. The van der Waals surface area contributed by atoms with Crippen molar-refractivity contribution in [2.45, 2.75) is 31.2 Å². The van der Waals surface area contributed by atoms with Crippen molar-refractivity contribution >= 4 is 22.6 Å². The van der Waals surface area contributed by atoms with Gasteiger partial charge in [-0.2, -0.15) is 0 Å². The lowest BCUT2D eigenvalue weighted by Crippen LogP contribution is -2.29. The molecule has 12 heavy (non-hydrogen) atoms. The van der Waals surface area contributed by atoms with E-state index in [-0.39, 0.29) is 12.3 Å². The highest BCUT2D eigenvalue weighted by Gasteiger charge is 2.37. The molecule has 0 aromatic rings. The number of hydrogen-bond donors (Lipinski definition) is 1. The van der Waals surface area contributed by atoms with Crippen LogP contribution in [-0.4, -0.2) is 18.4 Å². The van der Waals surface area contributed by atoms with Crippen LogP contribution < -0.4 is 5.32 Å². The van der Waals surface area contributed by atoms with Crippen molar-refractivity contribution in [3.63, 3.8) is 0 Å². The van der Waals surface area contributed by atoms with E-state index in [4.69, 9.17) is 4.74 Å². The normalized spacial score (nSPS) is 39.4. The molecule has 0 aromatic carbocycles. The summed E-state index contributed by atoms with van der Waals surface area (Å²) in [5, 5.41) is 3.41. The molecule has 2 aliphatic rings. The third-order valence-electron chi connectivity index (χ3n) is 2.21. The number of epoxide rings is 1. The monoisotopic (exact) mass is 277 g/mol. The average molecular weight is 277 g/mol. The quantitative estimate of drug-likeness (QED) is 0.484. The van der Waals surface area contributed by atoms with Crippen molar-refractivity contribution in [1.29, 1.82) is 0 Å². The highest BCUT2D eigenvalue weighted by molar-refractivity contribution is 14.1. The molecule has 0 aromatic heterocycles. The molecule has 0 spiro atoms. The Balaban J connectivity index is 1.78. The van der Waals surface area contributed by atoms with Gasteiger partial charge in [-0.3, -0.25) is 5.32 Å². The van der Waals surface area contributed by atoms with Gasteiger partial charge in [-0.15, -0.1) is 6.58 Å². The summed E-state index contributed by atoms with van der Waals surface area (Å²) in [4.78, 5) is 0. The van der Waals surface area contributed by atoms with E-state index in [0.717, 1.165) is 0 Å². The largest absolute Gasteiger partial charge is 0.349 e. The lowest BCUT2D eigenvalue weighted by atomic mass is 10.2. The molecule has 0 radical (unpaired) electrons. The van der Waals surface area contributed by atoms with Gasteiger partial charge in [0.2, 0.25) is 0 Å². The zero-order valence-electron chi connectivity index (χ0n) is 6.79. The van der Waals surface area contributed by atoms with Gasteiger partial charge in [0.15, 0.2) is 0 Å². The Morgan fingerprint density at radius 1 is 1.75 bits per heavy atom. The first-order valence-corrected chi connectivity index (χ1v) is 5.28. The Kier molecular flexibility index (Phi) is 2.52. The standard InChI is InChI=1S/C9H12INO/c1-2-8-9(12-8)11-7-4-3-6(10)5-7/h2,5,7-9,11H,1,3-4H2/t7?,8?,9-/m0/s1. The van der Waals surface area contributed by atoms with Crippen molar-refractivity contribution in [2.75, 3.05) is 0 Å². The summed E-state index contributed by atoms with van der Waals surface area (Å²) in [6.45, 7) is 3.68. The Hall–Kier alpha value is 0.130. The van der Waals surface area contributed by atoms with E-state index in [1.807, 2.05) is 6.08 Å². The average Bonchev–Trinajstić information content (AvgIpc) is 2.67. The van der Waals surface area contributed by atoms with Crippen LogP contribution in [-0.2, 0) is 4.74 Å². The Bertz CT molecular complexity index is 227. The van der Waals surface area contributed by atoms with Gasteiger partial charge in [-0.1, -0.05) is 12.2 Å². The van der Waals surface area contributed by atoms with E-state index < -0.39 is 0 Å². The van der Waals surface area contributed by atoms with Crippen LogP contribution in [0.4, 0.5) is 0 Å². The maximum atomic E-state index is 5.30. The van der Waals surface area contributed by atoms with Gasteiger partial charge in [0, 0.05) is 6.04 Å². The van der Waals surface area contributed by atoms with E-state index >= 15 is 0 Å². The highest BCUT2D eigenvalue weighted by Crippen LogP contribution is 2.27.